The summed E-state index contributed by atoms with van der Waals surface area (Å²) in [4.78, 5) is 1.29. The fourth-order valence-corrected chi connectivity index (χ4v) is 2.07. The zero-order chi connectivity index (χ0) is 9.68. The third-order valence-corrected chi connectivity index (χ3v) is 2.99. The highest BCUT2D eigenvalue weighted by atomic mass is 32.1. The van der Waals surface area contributed by atoms with E-state index in [0.717, 1.165) is 19.3 Å². The lowest BCUT2D eigenvalue weighted by molar-refractivity contribution is 0.158. The summed E-state index contributed by atoms with van der Waals surface area (Å²) in [6.07, 6.45) is 2.72. The maximum Gasteiger partial charge on any atom is 0.0588 e. The molecule has 1 aromatic heterocycles. The second-order valence-corrected chi connectivity index (χ2v) is 4.94. The first-order valence-electron chi connectivity index (χ1n) is 4.89. The lowest BCUT2D eigenvalue weighted by atomic mass is 10.0. The molecule has 1 aromatic rings. The second-order valence-electron chi connectivity index (χ2n) is 3.91. The van der Waals surface area contributed by atoms with Gasteiger partial charge < -0.3 is 5.11 Å². The molecule has 0 bridgehead atoms. The number of aliphatic hydroxyl groups is 1. The minimum atomic E-state index is -0.152. The van der Waals surface area contributed by atoms with Gasteiger partial charge in [0, 0.05) is 11.3 Å². The van der Waals surface area contributed by atoms with Crippen molar-refractivity contribution in [1.82, 2.24) is 0 Å². The van der Waals surface area contributed by atoms with Crippen LogP contribution in [0.25, 0.3) is 0 Å². The van der Waals surface area contributed by atoms with Gasteiger partial charge in [-0.2, -0.15) is 0 Å². The van der Waals surface area contributed by atoms with E-state index in [2.05, 4.69) is 25.3 Å². The van der Waals surface area contributed by atoms with Crippen molar-refractivity contribution in [1.29, 1.82) is 0 Å². The third kappa shape index (κ3) is 4.44. The molecule has 0 aromatic carbocycles. The molecular formula is C11H18OS. The third-order valence-electron chi connectivity index (χ3n) is 2.09. The predicted molar refractivity (Wildman–Crippen MR) is 58.1 cm³/mol. The molecule has 0 aliphatic carbocycles. The van der Waals surface area contributed by atoms with Gasteiger partial charge in [-0.25, -0.2) is 0 Å². The Morgan fingerprint density at radius 1 is 1.38 bits per heavy atom. The molecule has 0 saturated carbocycles. The Balaban J connectivity index is 2.22. The zero-order valence-corrected chi connectivity index (χ0v) is 9.18. The summed E-state index contributed by atoms with van der Waals surface area (Å²) < 4.78 is 0. The summed E-state index contributed by atoms with van der Waals surface area (Å²) >= 11 is 1.73. The number of hydrogen-bond acceptors (Lipinski definition) is 2. The molecule has 2 heteroatoms. The highest BCUT2D eigenvalue weighted by Gasteiger charge is 2.06. The minimum absolute atomic E-state index is 0.152. The molecule has 0 saturated heterocycles. The van der Waals surface area contributed by atoms with Gasteiger partial charge in [0.15, 0.2) is 0 Å². The van der Waals surface area contributed by atoms with Gasteiger partial charge >= 0.3 is 0 Å². The van der Waals surface area contributed by atoms with Crippen molar-refractivity contribution in [2.75, 3.05) is 0 Å². The topological polar surface area (TPSA) is 20.2 Å². The normalized spacial score (nSPS) is 13.5. The van der Waals surface area contributed by atoms with Gasteiger partial charge in [-0.3, -0.25) is 0 Å². The summed E-state index contributed by atoms with van der Waals surface area (Å²) in [5.74, 6) is 0.693. The van der Waals surface area contributed by atoms with Crippen molar-refractivity contribution in [2.24, 2.45) is 5.92 Å². The molecule has 74 valence electrons. The van der Waals surface area contributed by atoms with E-state index in [1.165, 1.54) is 4.88 Å². The van der Waals surface area contributed by atoms with Crippen molar-refractivity contribution in [2.45, 2.75) is 39.2 Å². The van der Waals surface area contributed by atoms with Gasteiger partial charge in [0.25, 0.3) is 0 Å². The van der Waals surface area contributed by atoms with Gasteiger partial charge in [-0.1, -0.05) is 19.9 Å². The molecule has 1 N–H and O–H groups in total. The highest BCUT2D eigenvalue weighted by Crippen LogP contribution is 2.15. The van der Waals surface area contributed by atoms with E-state index in [4.69, 9.17) is 0 Å². The maximum absolute atomic E-state index is 9.68. The van der Waals surface area contributed by atoms with Crippen molar-refractivity contribution < 1.29 is 5.11 Å². The van der Waals surface area contributed by atoms with E-state index in [9.17, 15) is 5.11 Å². The monoisotopic (exact) mass is 198 g/mol. The SMILES string of the molecule is CC(C)CCC(O)Cc1cccs1. The van der Waals surface area contributed by atoms with Crippen molar-refractivity contribution in [3.63, 3.8) is 0 Å². The summed E-state index contributed by atoms with van der Waals surface area (Å²) in [5.41, 5.74) is 0. The standard InChI is InChI=1S/C11H18OS/c1-9(2)5-6-10(12)8-11-4-3-7-13-11/h3-4,7,9-10,12H,5-6,8H2,1-2H3. The van der Waals surface area contributed by atoms with Crippen LogP contribution in [-0.4, -0.2) is 11.2 Å². The molecule has 13 heavy (non-hydrogen) atoms. The lowest BCUT2D eigenvalue weighted by Gasteiger charge is -2.10. The molecule has 1 rings (SSSR count). The van der Waals surface area contributed by atoms with Crippen LogP contribution in [0.3, 0.4) is 0 Å². The van der Waals surface area contributed by atoms with Gasteiger partial charge in [-0.15, -0.1) is 11.3 Å². The first kappa shape index (κ1) is 10.7. The Morgan fingerprint density at radius 2 is 2.15 bits per heavy atom. The molecule has 0 aliphatic heterocycles. The summed E-state index contributed by atoms with van der Waals surface area (Å²) in [6.45, 7) is 4.38. The second kappa shape index (κ2) is 5.40. The van der Waals surface area contributed by atoms with Crippen LogP contribution in [-0.2, 0) is 6.42 Å². The van der Waals surface area contributed by atoms with Crippen LogP contribution in [0.2, 0.25) is 0 Å². The minimum Gasteiger partial charge on any atom is -0.393 e. The molecule has 0 aliphatic rings. The first-order chi connectivity index (χ1) is 6.18. The molecule has 0 amide bonds. The molecule has 1 heterocycles. The van der Waals surface area contributed by atoms with E-state index in [-0.39, 0.29) is 6.10 Å². The number of aliphatic hydroxyl groups excluding tert-OH is 1. The molecular weight excluding hydrogens is 180 g/mol. The van der Waals surface area contributed by atoms with Crippen LogP contribution >= 0.6 is 11.3 Å². The Hall–Kier alpha value is -0.340. The van der Waals surface area contributed by atoms with E-state index < -0.39 is 0 Å². The van der Waals surface area contributed by atoms with E-state index >= 15 is 0 Å². The van der Waals surface area contributed by atoms with E-state index in [1.54, 1.807) is 11.3 Å². The Bertz CT molecular complexity index is 216. The van der Waals surface area contributed by atoms with Gasteiger partial charge in [-0.05, 0) is 30.2 Å². The molecule has 0 spiro atoms. The van der Waals surface area contributed by atoms with Gasteiger partial charge in [0.1, 0.15) is 0 Å². The Labute approximate surface area is 84.4 Å². The lowest BCUT2D eigenvalue weighted by Crippen LogP contribution is -2.10. The van der Waals surface area contributed by atoms with Gasteiger partial charge in [0.2, 0.25) is 0 Å². The smallest absolute Gasteiger partial charge is 0.0588 e. The summed E-state index contributed by atoms with van der Waals surface area (Å²) in [6, 6.07) is 4.12. The van der Waals surface area contributed by atoms with Crippen molar-refractivity contribution in [3.8, 4) is 0 Å². The quantitative estimate of drug-likeness (QED) is 0.771. The number of hydrogen-bond donors (Lipinski definition) is 1. The highest BCUT2D eigenvalue weighted by molar-refractivity contribution is 7.09. The van der Waals surface area contributed by atoms with Crippen LogP contribution in [0.4, 0.5) is 0 Å². The Kier molecular flexibility index (Phi) is 4.46. The van der Waals surface area contributed by atoms with E-state index in [0.29, 0.717) is 5.92 Å². The van der Waals surface area contributed by atoms with Crippen molar-refractivity contribution >= 4 is 11.3 Å². The Morgan fingerprint density at radius 3 is 2.69 bits per heavy atom. The van der Waals surface area contributed by atoms with Gasteiger partial charge in [0.05, 0.1) is 6.10 Å². The largest absolute Gasteiger partial charge is 0.393 e. The van der Waals surface area contributed by atoms with Crippen LogP contribution in [0.15, 0.2) is 17.5 Å². The summed E-state index contributed by atoms with van der Waals surface area (Å²) in [7, 11) is 0. The van der Waals surface area contributed by atoms with Crippen LogP contribution in [0.1, 0.15) is 31.6 Å². The molecule has 1 nitrogen and oxygen atoms in total. The fourth-order valence-electron chi connectivity index (χ4n) is 1.29. The van der Waals surface area contributed by atoms with Crippen molar-refractivity contribution in [3.05, 3.63) is 22.4 Å². The van der Waals surface area contributed by atoms with E-state index in [1.807, 2.05) is 6.07 Å². The first-order valence-corrected chi connectivity index (χ1v) is 5.77. The molecule has 1 unspecified atom stereocenters. The molecule has 0 fully saturated rings. The molecule has 1 atom stereocenters. The number of thiophene rings is 1. The maximum atomic E-state index is 9.68. The molecule has 0 radical (unpaired) electrons. The van der Waals surface area contributed by atoms with Crippen LogP contribution in [0.5, 0.6) is 0 Å². The average Bonchev–Trinajstić information content (AvgIpc) is 2.53. The van der Waals surface area contributed by atoms with Crippen LogP contribution in [0, 0.1) is 5.92 Å². The fraction of sp³-hybridized carbons (Fsp3) is 0.636. The average molecular weight is 198 g/mol. The van der Waals surface area contributed by atoms with Crippen LogP contribution < -0.4 is 0 Å². The number of rotatable bonds is 5. The summed E-state index contributed by atoms with van der Waals surface area (Å²) in [5, 5.41) is 11.7. The predicted octanol–water partition coefficient (Wildman–Crippen LogP) is 3.09. The zero-order valence-electron chi connectivity index (χ0n) is 8.36.